The summed E-state index contributed by atoms with van der Waals surface area (Å²) < 4.78 is 10.8. The molecule has 1 amide bonds. The molecule has 10 heteroatoms. The Labute approximate surface area is 135 Å². The molecule has 0 spiro atoms. The Balaban J connectivity index is 2.85. The summed E-state index contributed by atoms with van der Waals surface area (Å²) in [5.41, 5.74) is 5.06. The average Bonchev–Trinajstić information content (AvgIpc) is 2.37. The number of nitrogens with two attached hydrogens (primary N) is 1. The molecule has 23 heavy (non-hydrogen) atoms. The summed E-state index contributed by atoms with van der Waals surface area (Å²) in [5.74, 6) is -0.246. The fraction of sp³-hybridized carbons (Fsp3) is 0.846. The molecule has 1 saturated heterocycles. The van der Waals surface area contributed by atoms with Crippen LogP contribution in [-0.2, 0) is 9.47 Å². The van der Waals surface area contributed by atoms with Crippen LogP contribution in [0.1, 0.15) is 40.5 Å². The first-order chi connectivity index (χ1) is 10.6. The number of amides is 1. The lowest BCUT2D eigenvalue weighted by atomic mass is 10.0. The van der Waals surface area contributed by atoms with Crippen LogP contribution in [0.5, 0.6) is 0 Å². The molecule has 132 valence electrons. The Morgan fingerprint density at radius 3 is 2.70 bits per heavy atom. The van der Waals surface area contributed by atoms with Crippen molar-refractivity contribution in [3.05, 3.63) is 10.1 Å². The number of guanidine groups is 1. The van der Waals surface area contributed by atoms with Crippen molar-refractivity contribution >= 4 is 12.1 Å². The van der Waals surface area contributed by atoms with E-state index in [1.807, 2.05) is 0 Å². The van der Waals surface area contributed by atoms with Crippen LogP contribution in [0, 0.1) is 10.1 Å². The van der Waals surface area contributed by atoms with Crippen molar-refractivity contribution in [1.29, 1.82) is 0 Å². The molecule has 1 heterocycles. The van der Waals surface area contributed by atoms with Gasteiger partial charge in [0.2, 0.25) is 0 Å². The Hall–Kier alpha value is -2.10. The molecule has 0 saturated carbocycles. The number of hydrazone groups is 1. The molecule has 10 nitrogen and oxygen atoms in total. The van der Waals surface area contributed by atoms with Crippen molar-refractivity contribution in [2.24, 2.45) is 10.8 Å². The average molecular weight is 331 g/mol. The number of nitrogens with zero attached hydrogens (tertiary/aromatic N) is 3. The van der Waals surface area contributed by atoms with Gasteiger partial charge in [0.25, 0.3) is 5.96 Å². The first-order valence-corrected chi connectivity index (χ1v) is 7.50. The molecule has 1 rings (SSSR count). The van der Waals surface area contributed by atoms with Crippen molar-refractivity contribution in [2.75, 3.05) is 13.2 Å². The maximum Gasteiger partial charge on any atom is 0.408 e. The van der Waals surface area contributed by atoms with Gasteiger partial charge in [-0.1, -0.05) is 0 Å². The zero-order valence-corrected chi connectivity index (χ0v) is 13.9. The summed E-state index contributed by atoms with van der Waals surface area (Å²) in [6, 6.07) is -0.404. The van der Waals surface area contributed by atoms with Crippen molar-refractivity contribution in [3.63, 3.8) is 0 Å². The molecule has 0 bridgehead atoms. The highest BCUT2D eigenvalue weighted by Gasteiger charge is 2.36. The van der Waals surface area contributed by atoms with Gasteiger partial charge in [0.1, 0.15) is 10.7 Å². The smallest absolute Gasteiger partial charge is 0.408 e. The fourth-order valence-corrected chi connectivity index (χ4v) is 2.33. The monoisotopic (exact) mass is 331 g/mol. The first-order valence-electron chi connectivity index (χ1n) is 7.50. The number of nitrogens with one attached hydrogen (secondary N) is 1. The molecule has 1 fully saturated rings. The van der Waals surface area contributed by atoms with Crippen LogP contribution in [0.2, 0.25) is 0 Å². The van der Waals surface area contributed by atoms with Gasteiger partial charge in [-0.2, -0.15) is 0 Å². The second-order valence-electron chi connectivity index (χ2n) is 6.13. The van der Waals surface area contributed by atoms with Gasteiger partial charge in [-0.05, 0) is 40.5 Å². The molecule has 1 aliphatic rings. The summed E-state index contributed by atoms with van der Waals surface area (Å²) in [5, 5.41) is 15.5. The number of ether oxygens (including phenoxy) is 2. The van der Waals surface area contributed by atoms with Crippen LogP contribution < -0.4 is 11.1 Å². The van der Waals surface area contributed by atoms with E-state index in [0.717, 1.165) is 0 Å². The molecule has 2 atom stereocenters. The zero-order valence-electron chi connectivity index (χ0n) is 13.9. The Morgan fingerprint density at radius 1 is 1.52 bits per heavy atom. The minimum atomic E-state index is -0.858. The Bertz CT molecular complexity index is 462. The van der Waals surface area contributed by atoms with Crippen molar-refractivity contribution < 1.29 is 19.3 Å². The lowest BCUT2D eigenvalue weighted by molar-refractivity contribution is -0.486. The third-order valence-electron chi connectivity index (χ3n) is 3.08. The van der Waals surface area contributed by atoms with Gasteiger partial charge < -0.3 is 25.4 Å². The molecule has 0 aliphatic carbocycles. The lowest BCUT2D eigenvalue weighted by Gasteiger charge is -2.40. The third kappa shape index (κ3) is 6.27. The lowest BCUT2D eigenvalue weighted by Crippen LogP contribution is -2.60. The van der Waals surface area contributed by atoms with E-state index in [1.165, 1.54) is 4.90 Å². The van der Waals surface area contributed by atoms with Crippen LogP contribution in [0.3, 0.4) is 0 Å². The minimum absolute atomic E-state index is 0.246. The number of carbonyl (C=O) groups excluding carboxylic acids is 1. The van der Waals surface area contributed by atoms with Crippen LogP contribution in [0.15, 0.2) is 5.10 Å². The van der Waals surface area contributed by atoms with Crippen LogP contribution in [0.4, 0.5) is 4.79 Å². The topological polar surface area (TPSA) is 132 Å². The van der Waals surface area contributed by atoms with Gasteiger partial charge in [-0.25, -0.2) is 14.9 Å². The fourth-order valence-electron chi connectivity index (χ4n) is 2.33. The summed E-state index contributed by atoms with van der Waals surface area (Å²) in [6.45, 7) is 7.91. The molecule has 0 aromatic rings. The maximum atomic E-state index is 12.0. The highest BCUT2D eigenvalue weighted by molar-refractivity contribution is 5.78. The standard InChI is InChI=1S/C13H25N5O5/c1-5-22-10-9(15-12(19)23-13(2,3)4)7-6-8-17(10)11(14)16-18(20)21/h9-10H,5-8H2,1-4H3,(H2,14,16)(H,15,19)/t9-,10?/m0/s1. The van der Waals surface area contributed by atoms with Crippen LogP contribution in [-0.4, -0.2) is 53.0 Å². The van der Waals surface area contributed by atoms with E-state index in [4.69, 9.17) is 15.2 Å². The minimum Gasteiger partial charge on any atom is -0.444 e. The number of piperidine rings is 1. The highest BCUT2D eigenvalue weighted by Crippen LogP contribution is 2.19. The number of rotatable bonds is 4. The summed E-state index contributed by atoms with van der Waals surface area (Å²) in [6.07, 6.45) is 0.119. The van der Waals surface area contributed by atoms with Crippen molar-refractivity contribution in [1.82, 2.24) is 10.2 Å². The second kappa shape index (κ2) is 7.95. The van der Waals surface area contributed by atoms with Crippen LogP contribution >= 0.6 is 0 Å². The van der Waals surface area contributed by atoms with Gasteiger partial charge in [-0.3, -0.25) is 0 Å². The molecule has 3 N–H and O–H groups in total. The van der Waals surface area contributed by atoms with E-state index in [9.17, 15) is 14.9 Å². The van der Waals surface area contributed by atoms with Gasteiger partial charge >= 0.3 is 6.09 Å². The maximum absolute atomic E-state index is 12.0. The number of hydrogen-bond donors (Lipinski definition) is 2. The molecule has 1 unspecified atom stereocenters. The molecular weight excluding hydrogens is 306 g/mol. The van der Waals surface area contributed by atoms with Gasteiger partial charge in [0.05, 0.1) is 6.04 Å². The predicted octanol–water partition coefficient (Wildman–Crippen LogP) is 0.845. The van der Waals surface area contributed by atoms with Crippen LogP contribution in [0.25, 0.3) is 0 Å². The molecular formula is C13H25N5O5. The summed E-state index contributed by atoms with van der Waals surface area (Å²) >= 11 is 0. The third-order valence-corrected chi connectivity index (χ3v) is 3.08. The number of hydrogen-bond acceptors (Lipinski definition) is 5. The molecule has 0 aromatic heterocycles. The van der Waals surface area contributed by atoms with E-state index in [1.54, 1.807) is 27.7 Å². The summed E-state index contributed by atoms with van der Waals surface area (Å²) in [4.78, 5) is 24.0. The normalized spacial score (nSPS) is 22.6. The van der Waals surface area contributed by atoms with Gasteiger partial charge in [-0.15, -0.1) is 0 Å². The number of likely N-dealkylation sites (tertiary alicyclic amines) is 1. The quantitative estimate of drug-likeness (QED) is 0.337. The molecule has 0 radical (unpaired) electrons. The van der Waals surface area contributed by atoms with Crippen molar-refractivity contribution in [2.45, 2.75) is 58.4 Å². The molecule has 1 aliphatic heterocycles. The Kier molecular flexibility index (Phi) is 6.55. The highest BCUT2D eigenvalue weighted by atomic mass is 16.7. The number of alkyl carbamates (subject to hydrolysis) is 1. The van der Waals surface area contributed by atoms with E-state index in [-0.39, 0.29) is 5.96 Å². The zero-order chi connectivity index (χ0) is 17.6. The molecule has 0 aromatic carbocycles. The largest absolute Gasteiger partial charge is 0.444 e. The van der Waals surface area contributed by atoms with E-state index in [0.29, 0.717) is 26.0 Å². The summed E-state index contributed by atoms with van der Waals surface area (Å²) in [7, 11) is 0. The number of nitro groups is 1. The van der Waals surface area contributed by atoms with Crippen molar-refractivity contribution in [3.8, 4) is 0 Å². The van der Waals surface area contributed by atoms with Gasteiger partial charge in [0.15, 0.2) is 11.3 Å². The number of carbonyl (C=O) groups is 1. The van der Waals surface area contributed by atoms with E-state index in [2.05, 4.69) is 10.4 Å². The predicted molar refractivity (Wildman–Crippen MR) is 83.1 cm³/mol. The van der Waals surface area contributed by atoms with Gasteiger partial charge in [0, 0.05) is 13.2 Å². The second-order valence-corrected chi connectivity index (χ2v) is 6.13. The van der Waals surface area contributed by atoms with E-state index >= 15 is 0 Å². The Morgan fingerprint density at radius 2 is 2.17 bits per heavy atom. The SMILES string of the molecule is CCOC1[C@@H](NC(=O)OC(C)(C)C)CCCN1/C(N)=N/[N+](=O)[O-]. The first kappa shape index (κ1) is 18.9. The van der Waals surface area contributed by atoms with E-state index < -0.39 is 29.0 Å².